The number of fused-ring (bicyclic) bond motifs is 1. The van der Waals surface area contributed by atoms with Crippen molar-refractivity contribution in [2.24, 2.45) is 0 Å². The van der Waals surface area contributed by atoms with Crippen molar-refractivity contribution in [1.82, 2.24) is 15.0 Å². The number of aliphatic hydroxyl groups is 1. The quantitative estimate of drug-likeness (QED) is 0.600. The number of likely N-dealkylation sites (tertiary alicyclic amines) is 1. The number of nitrogens with zero attached hydrogens (tertiary/aromatic N) is 3. The van der Waals surface area contributed by atoms with E-state index in [-0.39, 0.29) is 10.8 Å². The first-order valence-corrected chi connectivity index (χ1v) is 12.1. The molecule has 0 saturated carbocycles. The summed E-state index contributed by atoms with van der Waals surface area (Å²) in [5.74, 6) is 1.89. The molecule has 4 rings (SSSR count). The molecule has 1 aliphatic carbocycles. The van der Waals surface area contributed by atoms with Gasteiger partial charge in [-0.3, -0.25) is 0 Å². The van der Waals surface area contributed by atoms with Crippen LogP contribution in [0.25, 0.3) is 11.4 Å². The molecule has 1 aromatic heterocycles. The summed E-state index contributed by atoms with van der Waals surface area (Å²) < 4.78 is 5.74. The molecule has 0 bridgehead atoms. The van der Waals surface area contributed by atoms with Crippen LogP contribution in [0.2, 0.25) is 0 Å². The summed E-state index contributed by atoms with van der Waals surface area (Å²) in [6, 6.07) is 6.77. The smallest absolute Gasteiger partial charge is 0.230 e. The Labute approximate surface area is 187 Å². The molecule has 5 nitrogen and oxygen atoms in total. The summed E-state index contributed by atoms with van der Waals surface area (Å²) in [6.45, 7) is 13.0. The molecule has 1 aromatic carbocycles. The molecule has 0 radical (unpaired) electrons. The van der Waals surface area contributed by atoms with Gasteiger partial charge in [-0.05, 0) is 92.6 Å². The molecule has 1 aliphatic heterocycles. The van der Waals surface area contributed by atoms with Crippen LogP contribution >= 0.6 is 0 Å². The lowest BCUT2D eigenvalue weighted by atomic mass is 9.63. The number of unbranched alkanes of at least 4 members (excludes halogenated alkanes) is 2. The highest BCUT2D eigenvalue weighted by Gasteiger charge is 2.37. The molecular weight excluding hydrogens is 386 g/mol. The normalized spacial score (nSPS) is 21.2. The number of hydrogen-bond donors (Lipinski definition) is 1. The maximum atomic E-state index is 8.92. The van der Waals surface area contributed by atoms with Crippen molar-refractivity contribution >= 4 is 0 Å². The molecule has 170 valence electrons. The van der Waals surface area contributed by atoms with Gasteiger partial charge in [0.25, 0.3) is 0 Å². The SMILES string of the molecule is CC1(C)CCC(C)(C)c2cc(-c3noc(C4CCN(CCCCCO)CC4)n3)ccc21. The van der Waals surface area contributed by atoms with Gasteiger partial charge in [0.15, 0.2) is 0 Å². The second-order valence-electron chi connectivity index (χ2n) is 10.9. The first-order valence-electron chi connectivity index (χ1n) is 12.1. The number of aromatic nitrogens is 2. The Kier molecular flexibility index (Phi) is 6.55. The summed E-state index contributed by atoms with van der Waals surface area (Å²) >= 11 is 0. The summed E-state index contributed by atoms with van der Waals surface area (Å²) in [7, 11) is 0. The van der Waals surface area contributed by atoms with Crippen LogP contribution in [0, 0.1) is 0 Å². The third-order valence-electron chi connectivity index (χ3n) is 7.62. The van der Waals surface area contributed by atoms with Crippen molar-refractivity contribution in [2.45, 2.75) is 89.4 Å². The average Bonchev–Trinajstić information content (AvgIpc) is 3.25. The van der Waals surface area contributed by atoms with Crippen molar-refractivity contribution in [3.8, 4) is 11.4 Å². The van der Waals surface area contributed by atoms with E-state index in [4.69, 9.17) is 14.6 Å². The van der Waals surface area contributed by atoms with Crippen LogP contribution in [0.3, 0.4) is 0 Å². The molecule has 2 heterocycles. The van der Waals surface area contributed by atoms with Gasteiger partial charge in [-0.1, -0.05) is 45.0 Å². The lowest BCUT2D eigenvalue weighted by Crippen LogP contribution is -2.33. The van der Waals surface area contributed by atoms with Crippen LogP contribution in [-0.4, -0.2) is 46.4 Å². The second-order valence-corrected chi connectivity index (χ2v) is 10.9. The third kappa shape index (κ3) is 4.88. The van der Waals surface area contributed by atoms with Crippen molar-refractivity contribution in [2.75, 3.05) is 26.2 Å². The summed E-state index contributed by atoms with van der Waals surface area (Å²) in [4.78, 5) is 7.35. The molecule has 1 fully saturated rings. The topological polar surface area (TPSA) is 62.4 Å². The van der Waals surface area contributed by atoms with Gasteiger partial charge in [-0.2, -0.15) is 4.98 Å². The molecule has 5 heteroatoms. The number of benzene rings is 1. The van der Waals surface area contributed by atoms with Gasteiger partial charge in [0.2, 0.25) is 11.7 Å². The first-order chi connectivity index (χ1) is 14.8. The number of hydrogen-bond acceptors (Lipinski definition) is 5. The van der Waals surface area contributed by atoms with E-state index in [2.05, 4.69) is 56.0 Å². The Morgan fingerprint density at radius 1 is 1.00 bits per heavy atom. The van der Waals surface area contributed by atoms with Gasteiger partial charge in [0, 0.05) is 18.1 Å². The molecular formula is C26H39N3O2. The zero-order valence-electron chi connectivity index (χ0n) is 19.8. The third-order valence-corrected chi connectivity index (χ3v) is 7.62. The van der Waals surface area contributed by atoms with Gasteiger partial charge >= 0.3 is 0 Å². The van der Waals surface area contributed by atoms with Crippen LogP contribution in [0.15, 0.2) is 22.7 Å². The fourth-order valence-corrected chi connectivity index (χ4v) is 5.27. The van der Waals surface area contributed by atoms with Crippen LogP contribution in [0.5, 0.6) is 0 Å². The Balaban J connectivity index is 1.43. The molecule has 0 unspecified atom stereocenters. The van der Waals surface area contributed by atoms with Crippen molar-refractivity contribution in [1.29, 1.82) is 0 Å². The molecule has 0 amide bonds. The summed E-state index contributed by atoms with van der Waals surface area (Å²) in [6.07, 6.45) is 7.77. The maximum absolute atomic E-state index is 8.92. The van der Waals surface area contributed by atoms with Crippen LogP contribution < -0.4 is 0 Å². The lowest BCUT2D eigenvalue weighted by Gasteiger charge is -2.42. The number of aliphatic hydroxyl groups excluding tert-OH is 1. The first kappa shape index (κ1) is 22.5. The van der Waals surface area contributed by atoms with E-state index >= 15 is 0 Å². The Bertz CT molecular complexity index is 879. The van der Waals surface area contributed by atoms with E-state index in [0.29, 0.717) is 12.5 Å². The van der Waals surface area contributed by atoms with E-state index in [0.717, 1.165) is 62.6 Å². The van der Waals surface area contributed by atoms with E-state index in [1.54, 1.807) is 0 Å². The molecule has 1 saturated heterocycles. The van der Waals surface area contributed by atoms with E-state index in [9.17, 15) is 0 Å². The highest BCUT2D eigenvalue weighted by molar-refractivity contribution is 5.59. The minimum Gasteiger partial charge on any atom is -0.396 e. The predicted octanol–water partition coefficient (Wildman–Crippen LogP) is 5.43. The van der Waals surface area contributed by atoms with E-state index in [1.165, 1.54) is 30.4 Å². The maximum Gasteiger partial charge on any atom is 0.230 e. The highest BCUT2D eigenvalue weighted by Crippen LogP contribution is 2.46. The molecule has 31 heavy (non-hydrogen) atoms. The zero-order chi connectivity index (χ0) is 22.1. The van der Waals surface area contributed by atoms with Gasteiger partial charge in [-0.25, -0.2) is 0 Å². The van der Waals surface area contributed by atoms with Crippen molar-refractivity contribution in [3.63, 3.8) is 0 Å². The number of rotatable bonds is 7. The largest absolute Gasteiger partial charge is 0.396 e. The van der Waals surface area contributed by atoms with Crippen LogP contribution in [-0.2, 0) is 10.8 Å². The minimum atomic E-state index is 0.178. The number of piperidine rings is 1. The fourth-order valence-electron chi connectivity index (χ4n) is 5.27. The Morgan fingerprint density at radius 2 is 1.71 bits per heavy atom. The van der Waals surface area contributed by atoms with Gasteiger partial charge < -0.3 is 14.5 Å². The predicted molar refractivity (Wildman–Crippen MR) is 124 cm³/mol. The molecule has 0 spiro atoms. The van der Waals surface area contributed by atoms with E-state index in [1.807, 2.05) is 0 Å². The van der Waals surface area contributed by atoms with Crippen LogP contribution in [0.4, 0.5) is 0 Å². The minimum absolute atomic E-state index is 0.178. The zero-order valence-corrected chi connectivity index (χ0v) is 19.8. The van der Waals surface area contributed by atoms with E-state index < -0.39 is 0 Å². The van der Waals surface area contributed by atoms with Gasteiger partial charge in [0.05, 0.1) is 0 Å². The lowest BCUT2D eigenvalue weighted by molar-refractivity contribution is 0.189. The van der Waals surface area contributed by atoms with Gasteiger partial charge in [-0.15, -0.1) is 0 Å². The molecule has 2 aromatic rings. The molecule has 0 atom stereocenters. The van der Waals surface area contributed by atoms with Crippen LogP contribution in [0.1, 0.15) is 95.6 Å². The molecule has 1 N–H and O–H groups in total. The van der Waals surface area contributed by atoms with Crippen molar-refractivity contribution < 1.29 is 9.63 Å². The second kappa shape index (κ2) is 9.03. The average molecular weight is 426 g/mol. The molecule has 2 aliphatic rings. The summed E-state index contributed by atoms with van der Waals surface area (Å²) in [5, 5.41) is 13.3. The van der Waals surface area contributed by atoms with Gasteiger partial charge in [0.1, 0.15) is 0 Å². The Morgan fingerprint density at radius 3 is 2.42 bits per heavy atom. The standard InChI is InChI=1S/C26H39N3O2/c1-25(2)12-13-26(3,4)22-18-20(8-9-21(22)25)23-27-24(31-28-23)19-10-15-29(16-11-19)14-6-5-7-17-30/h8-9,18-19,30H,5-7,10-17H2,1-4H3. The fraction of sp³-hybridized carbons (Fsp3) is 0.692. The monoisotopic (exact) mass is 425 g/mol. The highest BCUT2D eigenvalue weighted by atomic mass is 16.5. The Hall–Kier alpha value is -1.72. The summed E-state index contributed by atoms with van der Waals surface area (Å²) in [5.41, 5.74) is 4.36. The van der Waals surface area contributed by atoms with Crippen molar-refractivity contribution in [3.05, 3.63) is 35.2 Å².